The van der Waals surface area contributed by atoms with Gasteiger partial charge >= 0.3 is 12.1 Å². The van der Waals surface area contributed by atoms with Gasteiger partial charge in [-0.2, -0.15) is 0 Å². The number of ether oxygens (including phenoxy) is 5. The maximum absolute atomic E-state index is 16.9. The number of nitrogens with one attached hydrogen (secondary N) is 1. The molecule has 0 spiro atoms. The number of carbonyl (C=O) groups excluding carboxylic acids is 4. The molecule has 3 fully saturated rings. The maximum atomic E-state index is 16.9. The molecule has 1 amide bonds. The van der Waals surface area contributed by atoms with Gasteiger partial charge in [-0.15, -0.1) is 6.58 Å². The number of halogens is 1. The Kier molecular flexibility index (Phi) is 15.0. The van der Waals surface area contributed by atoms with Crippen molar-refractivity contribution in [2.45, 2.75) is 141 Å². The van der Waals surface area contributed by atoms with Gasteiger partial charge in [0.1, 0.15) is 18.0 Å². The number of aliphatic hydroxyl groups is 1. The molecule has 14 nitrogen and oxygen atoms in total. The van der Waals surface area contributed by atoms with Crippen LogP contribution < -0.4 is 5.32 Å². The Morgan fingerprint density at radius 2 is 1.86 bits per heavy atom. The van der Waals surface area contributed by atoms with E-state index in [-0.39, 0.29) is 31.3 Å². The molecule has 0 radical (unpaired) electrons. The Labute approximate surface area is 330 Å². The van der Waals surface area contributed by atoms with Crippen LogP contribution in [0.5, 0.6) is 0 Å². The summed E-state index contributed by atoms with van der Waals surface area (Å²) in [5.74, 6) is -5.84. The molecule has 1 aromatic rings. The van der Waals surface area contributed by atoms with E-state index in [0.29, 0.717) is 26.1 Å². The first-order valence-electron chi connectivity index (χ1n) is 19.7. The molecule has 0 bridgehead atoms. The smallest absolute Gasteiger partial charge is 0.410 e. The van der Waals surface area contributed by atoms with Crippen molar-refractivity contribution in [3.05, 3.63) is 42.7 Å². The largest absolute Gasteiger partial charge is 0.455 e. The van der Waals surface area contributed by atoms with Crippen molar-refractivity contribution in [2.75, 3.05) is 33.8 Å². The lowest BCUT2D eigenvalue weighted by Crippen LogP contribution is -2.62. The zero-order valence-electron chi connectivity index (χ0n) is 34.7. The average molecular weight is 791 g/mol. The standard InChI is InChI=1S/C41H63FN4O10/c1-12-16-44-29-20-25(4)53-36(32(29)48)55-35-27(6)34(49)40(8,42)37(50)54-30(13-2)41(9)33(26(5)31(47)24(3)21-39(35,7)52-11)46(38(51)56-41)19-18-45(10)23-28-15-14-17-43-22-28/h12,14-15,17,22,24-27,29-30,32-33,35-36,44,48H,1,13,16,18-21,23H2,2-11H3/t24-,25-,26+,27-,29+,30-,32+,33?,35-,36+,39-,40+,41-/m1/s1. The minimum atomic E-state index is -3.18. The zero-order valence-corrected chi connectivity index (χ0v) is 34.7. The quantitative estimate of drug-likeness (QED) is 0.177. The number of ketones is 2. The number of methoxy groups -OCH3 is 1. The zero-order chi connectivity index (χ0) is 41.7. The fraction of sp³-hybridized carbons (Fsp3) is 0.732. The van der Waals surface area contributed by atoms with Crippen molar-refractivity contribution in [2.24, 2.45) is 17.8 Å². The van der Waals surface area contributed by atoms with Gasteiger partial charge < -0.3 is 39.0 Å². The van der Waals surface area contributed by atoms with Crippen LogP contribution >= 0.6 is 0 Å². The molecule has 56 heavy (non-hydrogen) atoms. The first-order chi connectivity index (χ1) is 26.2. The monoisotopic (exact) mass is 790 g/mol. The van der Waals surface area contributed by atoms with E-state index in [9.17, 15) is 24.3 Å². The number of amides is 1. The highest BCUT2D eigenvalue weighted by molar-refractivity contribution is 6.08. The van der Waals surface area contributed by atoms with Gasteiger partial charge in [-0.1, -0.05) is 39.8 Å². The van der Waals surface area contributed by atoms with Crippen LogP contribution in [0.1, 0.15) is 80.2 Å². The number of carbonyl (C=O) groups is 4. The van der Waals surface area contributed by atoms with Crippen molar-refractivity contribution in [3.63, 3.8) is 0 Å². The lowest BCUT2D eigenvalue weighted by molar-refractivity contribution is -0.290. The van der Waals surface area contributed by atoms with Gasteiger partial charge in [0.25, 0.3) is 5.67 Å². The third-order valence-corrected chi connectivity index (χ3v) is 12.0. The number of rotatable bonds is 12. The molecule has 3 aliphatic rings. The molecule has 15 heteroatoms. The first-order valence-corrected chi connectivity index (χ1v) is 19.7. The number of cyclic esters (lactones) is 1. The number of pyridine rings is 1. The highest BCUT2D eigenvalue weighted by atomic mass is 19.1. The van der Waals surface area contributed by atoms with Gasteiger partial charge in [-0.25, -0.2) is 14.0 Å². The molecule has 4 heterocycles. The molecule has 2 N–H and O–H groups in total. The first kappa shape index (κ1) is 45.4. The van der Waals surface area contributed by atoms with E-state index < -0.39 is 89.2 Å². The summed E-state index contributed by atoms with van der Waals surface area (Å²) >= 11 is 0. The van der Waals surface area contributed by atoms with E-state index in [1.807, 2.05) is 31.0 Å². The molecule has 3 aliphatic heterocycles. The molecule has 0 aromatic carbocycles. The number of hydrogen-bond donors (Lipinski definition) is 2. The predicted molar refractivity (Wildman–Crippen MR) is 205 cm³/mol. The number of nitrogens with zero attached hydrogens (tertiary/aromatic N) is 3. The van der Waals surface area contributed by atoms with Gasteiger partial charge in [0, 0.05) is 69.5 Å². The number of aromatic nitrogens is 1. The van der Waals surface area contributed by atoms with Gasteiger partial charge in [-0.3, -0.25) is 19.5 Å². The summed E-state index contributed by atoms with van der Waals surface area (Å²) in [6.45, 7) is 17.7. The Hall–Kier alpha value is -3.34. The number of aliphatic hydroxyl groups excluding tert-OH is 1. The van der Waals surface area contributed by atoms with Crippen molar-refractivity contribution >= 4 is 23.6 Å². The van der Waals surface area contributed by atoms with Gasteiger partial charge in [0.15, 0.2) is 17.7 Å². The van der Waals surface area contributed by atoms with Crippen LogP contribution in [-0.4, -0.2) is 137 Å². The van der Waals surface area contributed by atoms with Crippen molar-refractivity contribution in [3.8, 4) is 0 Å². The predicted octanol–water partition coefficient (Wildman–Crippen LogP) is 4.02. The van der Waals surface area contributed by atoms with Crippen LogP contribution in [0.2, 0.25) is 0 Å². The molecule has 0 aliphatic carbocycles. The van der Waals surface area contributed by atoms with Gasteiger partial charge in [0.2, 0.25) is 0 Å². The maximum Gasteiger partial charge on any atom is 0.410 e. The SMILES string of the molecule is C=CCN[C@H]1C[C@@H](C)O[C@@H](O[C@@H]2[C@H](C)C(=O)[C@](C)(F)C(=O)O[C@H](CC)[C@@]3(C)OC(=O)N(CCN(C)Cc4cccnc4)C3[C@@H](C)C(=O)[C@H](C)C[C@@]2(C)OC)[C@H]1O. The van der Waals surface area contributed by atoms with E-state index in [1.54, 1.807) is 53.1 Å². The fourth-order valence-electron chi connectivity index (χ4n) is 8.82. The van der Waals surface area contributed by atoms with E-state index >= 15 is 4.39 Å². The minimum Gasteiger partial charge on any atom is -0.455 e. The Bertz CT molecular complexity index is 1550. The highest BCUT2D eigenvalue weighted by Crippen LogP contribution is 2.43. The van der Waals surface area contributed by atoms with E-state index in [2.05, 4.69) is 16.9 Å². The van der Waals surface area contributed by atoms with Crippen molar-refractivity contribution in [1.82, 2.24) is 20.1 Å². The summed E-state index contributed by atoms with van der Waals surface area (Å²) in [7, 11) is 3.29. The molecule has 4 rings (SSSR count). The molecular formula is C41H63FN4O10. The Morgan fingerprint density at radius 1 is 1.16 bits per heavy atom. The molecule has 13 atom stereocenters. The second-order valence-electron chi connectivity index (χ2n) is 16.5. The molecule has 1 unspecified atom stereocenters. The average Bonchev–Trinajstić information content (AvgIpc) is 3.42. The molecular weight excluding hydrogens is 727 g/mol. The number of alkyl halides is 1. The molecule has 3 saturated heterocycles. The fourth-order valence-corrected chi connectivity index (χ4v) is 8.82. The summed E-state index contributed by atoms with van der Waals surface area (Å²) in [6, 6.07) is 2.39. The summed E-state index contributed by atoms with van der Waals surface area (Å²) < 4.78 is 47.3. The van der Waals surface area contributed by atoms with Crippen LogP contribution in [0.25, 0.3) is 0 Å². The van der Waals surface area contributed by atoms with E-state index in [4.69, 9.17) is 23.7 Å². The van der Waals surface area contributed by atoms with Gasteiger partial charge in [-0.05, 0) is 65.6 Å². The third-order valence-electron chi connectivity index (χ3n) is 12.0. The van der Waals surface area contributed by atoms with Crippen LogP contribution in [0.3, 0.4) is 0 Å². The molecule has 314 valence electrons. The highest BCUT2D eigenvalue weighted by Gasteiger charge is 2.61. The van der Waals surface area contributed by atoms with Crippen LogP contribution in [0.4, 0.5) is 9.18 Å². The van der Waals surface area contributed by atoms with Crippen LogP contribution in [-0.2, 0) is 44.6 Å². The van der Waals surface area contributed by atoms with E-state index in [0.717, 1.165) is 12.5 Å². The van der Waals surface area contributed by atoms with Gasteiger partial charge in [0.05, 0.1) is 23.9 Å². The number of hydrogen-bond acceptors (Lipinski definition) is 13. The second kappa shape index (κ2) is 18.5. The van der Waals surface area contributed by atoms with Crippen LogP contribution in [0, 0.1) is 17.8 Å². The summed E-state index contributed by atoms with van der Waals surface area (Å²) in [4.78, 5) is 64.2. The number of Topliss-reactive ketones (excluding diaryl/α,β-unsaturated/α-hetero) is 2. The normalized spacial score (nSPS) is 38.8. The van der Waals surface area contributed by atoms with E-state index in [1.165, 1.54) is 18.9 Å². The summed E-state index contributed by atoms with van der Waals surface area (Å²) in [5.41, 5.74) is -5.27. The molecule has 1 aromatic heterocycles. The van der Waals surface area contributed by atoms with Crippen LogP contribution in [0.15, 0.2) is 37.2 Å². The Balaban J connectivity index is 1.75. The number of fused-ring (bicyclic) bond motifs is 1. The summed E-state index contributed by atoms with van der Waals surface area (Å²) in [5, 5.41) is 14.6. The minimum absolute atomic E-state index is 0.0117. The second-order valence-corrected chi connectivity index (χ2v) is 16.5. The summed E-state index contributed by atoms with van der Waals surface area (Å²) in [6.07, 6.45) is -0.488. The Morgan fingerprint density at radius 3 is 2.46 bits per heavy atom. The lowest BCUT2D eigenvalue weighted by Gasteiger charge is -2.46. The third kappa shape index (κ3) is 9.50. The lowest BCUT2D eigenvalue weighted by atomic mass is 9.73. The molecule has 0 saturated carbocycles. The number of esters is 1. The van der Waals surface area contributed by atoms with Crippen molar-refractivity contribution in [1.29, 1.82) is 0 Å². The van der Waals surface area contributed by atoms with Crippen molar-refractivity contribution < 1.29 is 52.4 Å². The topological polar surface area (TPSA) is 166 Å². The number of likely N-dealkylation sites (N-methyl/N-ethyl adjacent to an activating group) is 1.